The molecular weight excluding hydrogens is 246 g/mol. The highest BCUT2D eigenvalue weighted by molar-refractivity contribution is 5.35. The Hall–Kier alpha value is -1.61. The predicted molar refractivity (Wildman–Crippen MR) is 82.2 cm³/mol. The van der Waals surface area contributed by atoms with Crippen molar-refractivity contribution < 1.29 is 0 Å². The molecule has 20 heavy (non-hydrogen) atoms. The molecule has 1 fully saturated rings. The van der Waals surface area contributed by atoms with E-state index in [1.165, 1.54) is 29.8 Å². The molecule has 1 aromatic heterocycles. The van der Waals surface area contributed by atoms with Crippen LogP contribution in [0.2, 0.25) is 0 Å². The van der Waals surface area contributed by atoms with Crippen LogP contribution in [0.3, 0.4) is 0 Å². The second-order valence-corrected chi connectivity index (χ2v) is 5.61. The van der Waals surface area contributed by atoms with Gasteiger partial charge in [0, 0.05) is 5.69 Å². The normalized spacial score (nSPS) is 16.4. The first kappa shape index (κ1) is 13.4. The number of nitrogens with zero attached hydrogens (tertiary/aromatic N) is 2. The van der Waals surface area contributed by atoms with E-state index in [4.69, 9.17) is 0 Å². The molecule has 1 saturated heterocycles. The maximum absolute atomic E-state index is 4.62. The lowest BCUT2D eigenvalue weighted by atomic mass is 9.91. The minimum atomic E-state index is 0.792. The van der Waals surface area contributed by atoms with Gasteiger partial charge in [-0.3, -0.25) is 0 Å². The lowest BCUT2D eigenvalue weighted by Gasteiger charge is -2.23. The Kier molecular flexibility index (Phi) is 4.16. The van der Waals surface area contributed by atoms with E-state index in [2.05, 4.69) is 52.4 Å². The zero-order valence-corrected chi connectivity index (χ0v) is 12.2. The van der Waals surface area contributed by atoms with Crippen molar-refractivity contribution in [1.82, 2.24) is 15.1 Å². The number of rotatable bonds is 4. The molecule has 0 bridgehead atoms. The molecule has 3 nitrogen and oxygen atoms in total. The zero-order valence-electron chi connectivity index (χ0n) is 12.2. The molecule has 0 saturated carbocycles. The Labute approximate surface area is 121 Å². The minimum Gasteiger partial charge on any atom is -0.317 e. The second kappa shape index (κ2) is 6.23. The van der Waals surface area contributed by atoms with Crippen molar-refractivity contribution in [1.29, 1.82) is 0 Å². The Morgan fingerprint density at radius 1 is 1.20 bits per heavy atom. The molecule has 0 radical (unpaired) electrons. The third-order valence-electron chi connectivity index (χ3n) is 4.28. The summed E-state index contributed by atoms with van der Waals surface area (Å²) in [5.74, 6) is 0.792. The van der Waals surface area contributed by atoms with Crippen molar-refractivity contribution in [3.63, 3.8) is 0 Å². The Balaban J connectivity index is 1.89. The minimum absolute atomic E-state index is 0.792. The van der Waals surface area contributed by atoms with Gasteiger partial charge in [-0.1, -0.05) is 25.1 Å². The first-order chi connectivity index (χ1) is 9.88. The summed E-state index contributed by atoms with van der Waals surface area (Å²) in [6.45, 7) is 4.54. The third-order valence-corrected chi connectivity index (χ3v) is 4.28. The highest BCUT2D eigenvalue weighted by atomic mass is 15.3. The average molecular weight is 269 g/mol. The summed E-state index contributed by atoms with van der Waals surface area (Å²) in [6.07, 6.45) is 6.82. The molecule has 1 aliphatic heterocycles. The lowest BCUT2D eigenvalue weighted by molar-refractivity contribution is 0.367. The predicted octanol–water partition coefficient (Wildman–Crippen LogP) is 2.98. The number of hydrogen-bond acceptors (Lipinski definition) is 2. The van der Waals surface area contributed by atoms with Gasteiger partial charge >= 0.3 is 0 Å². The fourth-order valence-electron chi connectivity index (χ4n) is 3.07. The number of piperidine rings is 1. The summed E-state index contributed by atoms with van der Waals surface area (Å²) in [4.78, 5) is 0. The molecule has 3 rings (SSSR count). The van der Waals surface area contributed by atoms with Gasteiger partial charge in [0.25, 0.3) is 0 Å². The monoisotopic (exact) mass is 269 g/mol. The van der Waals surface area contributed by atoms with Crippen LogP contribution in [-0.4, -0.2) is 22.9 Å². The zero-order chi connectivity index (χ0) is 13.8. The van der Waals surface area contributed by atoms with Gasteiger partial charge in [0.1, 0.15) is 0 Å². The summed E-state index contributed by atoms with van der Waals surface area (Å²) in [6, 6.07) is 10.5. The van der Waals surface area contributed by atoms with E-state index in [9.17, 15) is 0 Å². The number of hydrogen-bond donors (Lipinski definition) is 1. The first-order valence-electron chi connectivity index (χ1n) is 7.70. The fourth-order valence-corrected chi connectivity index (χ4v) is 3.07. The molecule has 0 unspecified atom stereocenters. The maximum atomic E-state index is 4.62. The average Bonchev–Trinajstić information content (AvgIpc) is 2.92. The van der Waals surface area contributed by atoms with Crippen LogP contribution in [0, 0.1) is 5.92 Å². The number of para-hydroxylation sites is 1. The van der Waals surface area contributed by atoms with Crippen LogP contribution >= 0.6 is 0 Å². The smallest absolute Gasteiger partial charge is 0.0648 e. The van der Waals surface area contributed by atoms with E-state index in [0.29, 0.717) is 0 Å². The summed E-state index contributed by atoms with van der Waals surface area (Å²) in [5.41, 5.74) is 3.98. The molecule has 3 heteroatoms. The molecule has 0 amide bonds. The molecule has 0 atom stereocenters. The van der Waals surface area contributed by atoms with Crippen LogP contribution in [0.15, 0.2) is 36.5 Å². The number of aromatic nitrogens is 2. The van der Waals surface area contributed by atoms with Crippen LogP contribution in [0.5, 0.6) is 0 Å². The summed E-state index contributed by atoms with van der Waals surface area (Å²) in [5, 5.41) is 8.07. The summed E-state index contributed by atoms with van der Waals surface area (Å²) in [7, 11) is 0. The molecule has 2 aromatic rings. The maximum Gasteiger partial charge on any atom is 0.0648 e. The van der Waals surface area contributed by atoms with E-state index in [1.54, 1.807) is 0 Å². The molecule has 1 aromatic carbocycles. The van der Waals surface area contributed by atoms with E-state index < -0.39 is 0 Å². The largest absolute Gasteiger partial charge is 0.317 e. The van der Waals surface area contributed by atoms with Gasteiger partial charge in [0.15, 0.2) is 0 Å². The standard InChI is InChI=1S/C17H23N3/c1-2-15-13-19-20(16-6-4-3-5-7-16)17(15)12-14-8-10-18-11-9-14/h3-7,13-14,18H,2,8-12H2,1H3. The molecule has 2 heterocycles. The van der Waals surface area contributed by atoms with Crippen molar-refractivity contribution in [2.45, 2.75) is 32.6 Å². The first-order valence-corrected chi connectivity index (χ1v) is 7.70. The van der Waals surface area contributed by atoms with E-state index in [-0.39, 0.29) is 0 Å². The van der Waals surface area contributed by atoms with Gasteiger partial charge in [-0.15, -0.1) is 0 Å². The quantitative estimate of drug-likeness (QED) is 0.924. The van der Waals surface area contributed by atoms with Crippen LogP contribution in [0.1, 0.15) is 31.0 Å². The van der Waals surface area contributed by atoms with Crippen LogP contribution in [-0.2, 0) is 12.8 Å². The molecule has 0 aliphatic carbocycles. The highest BCUT2D eigenvalue weighted by Gasteiger charge is 2.18. The number of nitrogens with one attached hydrogen (secondary N) is 1. The van der Waals surface area contributed by atoms with Crippen molar-refractivity contribution >= 4 is 0 Å². The molecular formula is C17H23N3. The summed E-state index contributed by atoms with van der Waals surface area (Å²) < 4.78 is 2.14. The fraction of sp³-hybridized carbons (Fsp3) is 0.471. The van der Waals surface area contributed by atoms with Crippen LogP contribution in [0.25, 0.3) is 5.69 Å². The van der Waals surface area contributed by atoms with Gasteiger partial charge in [-0.2, -0.15) is 5.10 Å². The Bertz CT molecular complexity index is 539. The molecule has 1 aliphatic rings. The lowest BCUT2D eigenvalue weighted by Crippen LogP contribution is -2.29. The van der Waals surface area contributed by atoms with E-state index >= 15 is 0 Å². The van der Waals surface area contributed by atoms with Gasteiger partial charge in [-0.25, -0.2) is 4.68 Å². The van der Waals surface area contributed by atoms with E-state index in [0.717, 1.165) is 31.8 Å². The number of benzene rings is 1. The molecule has 0 spiro atoms. The van der Waals surface area contributed by atoms with Gasteiger partial charge in [-0.05, 0) is 62.4 Å². The summed E-state index contributed by atoms with van der Waals surface area (Å²) >= 11 is 0. The molecule has 1 N–H and O–H groups in total. The second-order valence-electron chi connectivity index (χ2n) is 5.61. The topological polar surface area (TPSA) is 29.9 Å². The van der Waals surface area contributed by atoms with Gasteiger partial charge in [0.2, 0.25) is 0 Å². The van der Waals surface area contributed by atoms with Crippen LogP contribution in [0.4, 0.5) is 0 Å². The third kappa shape index (κ3) is 2.78. The van der Waals surface area contributed by atoms with Crippen LogP contribution < -0.4 is 5.32 Å². The van der Waals surface area contributed by atoms with Crippen molar-refractivity contribution in [3.05, 3.63) is 47.8 Å². The highest BCUT2D eigenvalue weighted by Crippen LogP contribution is 2.23. The van der Waals surface area contributed by atoms with Crippen molar-refractivity contribution in [3.8, 4) is 5.69 Å². The van der Waals surface area contributed by atoms with E-state index in [1.807, 2.05) is 6.20 Å². The Morgan fingerprint density at radius 3 is 2.65 bits per heavy atom. The SMILES string of the molecule is CCc1cnn(-c2ccccc2)c1CC1CCNCC1. The van der Waals surface area contributed by atoms with Crippen molar-refractivity contribution in [2.24, 2.45) is 5.92 Å². The van der Waals surface area contributed by atoms with Gasteiger partial charge < -0.3 is 5.32 Å². The van der Waals surface area contributed by atoms with Crippen molar-refractivity contribution in [2.75, 3.05) is 13.1 Å². The molecule has 106 valence electrons. The Morgan fingerprint density at radius 2 is 1.95 bits per heavy atom. The van der Waals surface area contributed by atoms with Gasteiger partial charge in [0.05, 0.1) is 11.9 Å². The number of aryl methyl sites for hydroxylation is 1.